The molecule has 0 bridgehead atoms. The molecule has 6 heteroatoms. The minimum absolute atomic E-state index is 0.0758. The van der Waals surface area contributed by atoms with E-state index >= 15 is 0 Å². The molecule has 1 amide bonds. The highest BCUT2D eigenvalue weighted by molar-refractivity contribution is 5.83. The zero-order chi connectivity index (χ0) is 19.6. The Morgan fingerprint density at radius 2 is 2.07 bits per heavy atom. The molecule has 0 saturated carbocycles. The van der Waals surface area contributed by atoms with Gasteiger partial charge in [-0.15, -0.1) is 0 Å². The molecule has 27 heavy (non-hydrogen) atoms. The van der Waals surface area contributed by atoms with Crippen LogP contribution >= 0.6 is 0 Å². The van der Waals surface area contributed by atoms with Gasteiger partial charge in [0.1, 0.15) is 5.75 Å². The zero-order valence-corrected chi connectivity index (χ0v) is 16.0. The Kier molecular flexibility index (Phi) is 7.67. The van der Waals surface area contributed by atoms with E-state index in [2.05, 4.69) is 10.5 Å². The van der Waals surface area contributed by atoms with Crippen LogP contribution in [0.15, 0.2) is 41.5 Å². The molecule has 144 valence electrons. The summed E-state index contributed by atoms with van der Waals surface area (Å²) < 4.78 is 10.5. The molecule has 2 aromatic carbocycles. The first-order valence-corrected chi connectivity index (χ1v) is 8.94. The van der Waals surface area contributed by atoms with Crippen LogP contribution in [0.25, 0.3) is 0 Å². The van der Waals surface area contributed by atoms with Gasteiger partial charge in [-0.05, 0) is 73.7 Å². The summed E-state index contributed by atoms with van der Waals surface area (Å²) in [5, 5.41) is 13.6. The molecule has 0 unspecified atom stereocenters. The molecular formula is C21H26N2O4. The van der Waals surface area contributed by atoms with E-state index in [4.69, 9.17) is 9.47 Å². The third-order valence-electron chi connectivity index (χ3n) is 4.09. The fraction of sp³-hybridized carbons (Fsp3) is 0.333. The van der Waals surface area contributed by atoms with Crippen molar-refractivity contribution in [1.82, 2.24) is 5.43 Å². The third kappa shape index (κ3) is 6.33. The molecule has 6 nitrogen and oxygen atoms in total. The molecule has 2 aromatic rings. The number of carbonyl (C=O) groups is 1. The number of phenols is 1. The van der Waals surface area contributed by atoms with Crippen molar-refractivity contribution in [3.05, 3.63) is 53.1 Å². The number of rotatable bonds is 9. The molecule has 0 saturated heterocycles. The molecule has 0 radical (unpaired) electrons. The van der Waals surface area contributed by atoms with E-state index in [-0.39, 0.29) is 11.7 Å². The molecule has 0 aliphatic rings. The molecule has 0 fully saturated rings. The molecule has 2 rings (SSSR count). The Balaban J connectivity index is 1.79. The summed E-state index contributed by atoms with van der Waals surface area (Å²) in [6, 6.07) is 10.9. The first-order valence-electron chi connectivity index (χ1n) is 8.94. The second-order valence-corrected chi connectivity index (χ2v) is 6.10. The van der Waals surface area contributed by atoms with Gasteiger partial charge in [0, 0.05) is 6.42 Å². The zero-order valence-electron chi connectivity index (χ0n) is 16.0. The number of aromatic hydroxyl groups is 1. The number of nitrogens with one attached hydrogen (secondary N) is 1. The number of hydrazone groups is 1. The van der Waals surface area contributed by atoms with Gasteiger partial charge in [0.05, 0.1) is 19.9 Å². The summed E-state index contributed by atoms with van der Waals surface area (Å²) >= 11 is 0. The number of phenolic OH excluding ortho intramolecular Hbond substituents is 1. The van der Waals surface area contributed by atoms with Crippen LogP contribution in [-0.2, 0) is 11.2 Å². The van der Waals surface area contributed by atoms with Crippen molar-refractivity contribution < 1.29 is 19.4 Å². The molecule has 0 aliphatic heterocycles. The lowest BCUT2D eigenvalue weighted by Crippen LogP contribution is -2.17. The fourth-order valence-electron chi connectivity index (χ4n) is 2.63. The lowest BCUT2D eigenvalue weighted by atomic mass is 10.0. The predicted octanol–water partition coefficient (Wildman–Crippen LogP) is 3.58. The summed E-state index contributed by atoms with van der Waals surface area (Å²) in [6.45, 7) is 4.34. The van der Waals surface area contributed by atoms with Crippen molar-refractivity contribution >= 4 is 12.1 Å². The van der Waals surface area contributed by atoms with E-state index in [9.17, 15) is 9.90 Å². The summed E-state index contributed by atoms with van der Waals surface area (Å²) in [4.78, 5) is 11.9. The van der Waals surface area contributed by atoms with E-state index in [1.807, 2.05) is 32.0 Å². The first-order chi connectivity index (χ1) is 13.0. The van der Waals surface area contributed by atoms with Crippen LogP contribution in [0.4, 0.5) is 0 Å². The van der Waals surface area contributed by atoms with Gasteiger partial charge in [0.25, 0.3) is 0 Å². The van der Waals surface area contributed by atoms with Crippen molar-refractivity contribution in [2.45, 2.75) is 33.1 Å². The van der Waals surface area contributed by atoms with E-state index in [1.54, 1.807) is 19.2 Å². The number of aryl methyl sites for hydroxylation is 2. The maximum atomic E-state index is 11.9. The molecule has 2 N–H and O–H groups in total. The molecular weight excluding hydrogens is 344 g/mol. The topological polar surface area (TPSA) is 80.2 Å². The molecule has 0 aliphatic carbocycles. The van der Waals surface area contributed by atoms with Crippen LogP contribution in [-0.4, -0.2) is 30.9 Å². The van der Waals surface area contributed by atoms with E-state index in [1.165, 1.54) is 17.8 Å². The highest BCUT2D eigenvalue weighted by Crippen LogP contribution is 2.26. The van der Waals surface area contributed by atoms with Crippen molar-refractivity contribution in [3.8, 4) is 17.2 Å². The highest BCUT2D eigenvalue weighted by Gasteiger charge is 2.05. The van der Waals surface area contributed by atoms with Crippen molar-refractivity contribution in [2.75, 3.05) is 13.7 Å². The van der Waals surface area contributed by atoms with E-state index in [0.717, 1.165) is 29.7 Å². The summed E-state index contributed by atoms with van der Waals surface area (Å²) in [5.41, 5.74) is 5.62. The number of nitrogens with zero attached hydrogens (tertiary/aromatic N) is 1. The standard InChI is InChI=1S/C21H26N2O4/c1-4-27-20-13-16(8-11-19(20)24)14-22-23-21(25)7-5-6-17-9-10-18(26-3)12-15(17)2/h8-14,24H,4-7H2,1-3H3,(H,23,25). The van der Waals surface area contributed by atoms with Gasteiger partial charge in [0.15, 0.2) is 11.5 Å². The second kappa shape index (κ2) is 10.2. The molecule has 0 atom stereocenters. The van der Waals surface area contributed by atoms with Gasteiger partial charge in [-0.25, -0.2) is 5.43 Å². The van der Waals surface area contributed by atoms with E-state index in [0.29, 0.717) is 18.8 Å². The maximum absolute atomic E-state index is 11.9. The number of methoxy groups -OCH3 is 1. The highest BCUT2D eigenvalue weighted by atomic mass is 16.5. The number of hydrogen-bond donors (Lipinski definition) is 2. The van der Waals surface area contributed by atoms with Crippen molar-refractivity contribution in [3.63, 3.8) is 0 Å². The van der Waals surface area contributed by atoms with Gasteiger partial charge in [-0.2, -0.15) is 5.10 Å². The Morgan fingerprint density at radius 3 is 2.78 bits per heavy atom. The van der Waals surface area contributed by atoms with Gasteiger partial charge in [0.2, 0.25) is 5.91 Å². The lowest BCUT2D eigenvalue weighted by Gasteiger charge is -2.08. The summed E-state index contributed by atoms with van der Waals surface area (Å²) in [6.07, 6.45) is 3.47. The minimum Gasteiger partial charge on any atom is -0.504 e. The van der Waals surface area contributed by atoms with Gasteiger partial charge in [-0.1, -0.05) is 6.07 Å². The van der Waals surface area contributed by atoms with Crippen molar-refractivity contribution in [1.29, 1.82) is 0 Å². The quantitative estimate of drug-likeness (QED) is 0.522. The second-order valence-electron chi connectivity index (χ2n) is 6.10. The summed E-state index contributed by atoms with van der Waals surface area (Å²) in [7, 11) is 1.65. The minimum atomic E-state index is -0.138. The molecule has 0 aromatic heterocycles. The average molecular weight is 370 g/mol. The van der Waals surface area contributed by atoms with Crippen LogP contribution in [0.1, 0.15) is 36.5 Å². The first kappa shape index (κ1) is 20.3. The maximum Gasteiger partial charge on any atom is 0.240 e. The monoisotopic (exact) mass is 370 g/mol. The Morgan fingerprint density at radius 1 is 1.26 bits per heavy atom. The van der Waals surface area contributed by atoms with Crippen LogP contribution < -0.4 is 14.9 Å². The smallest absolute Gasteiger partial charge is 0.240 e. The van der Waals surface area contributed by atoms with Gasteiger partial charge >= 0.3 is 0 Å². The SMILES string of the molecule is CCOc1cc(C=NNC(=O)CCCc2ccc(OC)cc2C)ccc1O. The van der Waals surface area contributed by atoms with Crippen LogP contribution in [0.2, 0.25) is 0 Å². The largest absolute Gasteiger partial charge is 0.504 e. The Hall–Kier alpha value is -3.02. The average Bonchev–Trinajstić information content (AvgIpc) is 2.65. The number of benzene rings is 2. The van der Waals surface area contributed by atoms with Crippen LogP contribution in [0.5, 0.6) is 17.2 Å². The van der Waals surface area contributed by atoms with Crippen LogP contribution in [0, 0.1) is 6.92 Å². The molecule has 0 spiro atoms. The number of carbonyl (C=O) groups excluding carboxylic acids is 1. The third-order valence-corrected chi connectivity index (χ3v) is 4.09. The van der Waals surface area contributed by atoms with Gasteiger partial charge in [-0.3, -0.25) is 4.79 Å². The Labute approximate surface area is 159 Å². The number of ether oxygens (including phenoxy) is 2. The van der Waals surface area contributed by atoms with E-state index < -0.39 is 0 Å². The number of amides is 1. The van der Waals surface area contributed by atoms with Gasteiger partial charge < -0.3 is 14.6 Å². The van der Waals surface area contributed by atoms with Crippen LogP contribution in [0.3, 0.4) is 0 Å². The predicted molar refractivity (Wildman–Crippen MR) is 106 cm³/mol. The summed E-state index contributed by atoms with van der Waals surface area (Å²) in [5.74, 6) is 1.17. The fourth-order valence-corrected chi connectivity index (χ4v) is 2.63. The Bertz CT molecular complexity index is 803. The number of hydrogen-bond acceptors (Lipinski definition) is 5. The molecule has 0 heterocycles. The normalized spacial score (nSPS) is 10.8. The van der Waals surface area contributed by atoms with Crippen molar-refractivity contribution in [2.24, 2.45) is 5.10 Å². The lowest BCUT2D eigenvalue weighted by molar-refractivity contribution is -0.121.